The first kappa shape index (κ1) is 21.8. The van der Waals surface area contributed by atoms with E-state index in [0.717, 1.165) is 11.6 Å². The average Bonchev–Trinajstić information content (AvgIpc) is 2.68. The minimum atomic E-state index is -0.969. The second kappa shape index (κ2) is 9.75. The topological polar surface area (TPSA) is 80.3 Å². The third kappa shape index (κ3) is 5.60. The van der Waals surface area contributed by atoms with Crippen LogP contribution in [0.25, 0.3) is 0 Å². The fourth-order valence-corrected chi connectivity index (χ4v) is 3.08. The zero-order valence-corrected chi connectivity index (χ0v) is 17.4. The number of halogens is 4. The Hall–Kier alpha value is -2.87. The highest BCUT2D eigenvalue weighted by Gasteiger charge is 2.18. The van der Waals surface area contributed by atoms with E-state index >= 15 is 0 Å². The van der Waals surface area contributed by atoms with Gasteiger partial charge in [-0.05, 0) is 30.3 Å². The van der Waals surface area contributed by atoms with Gasteiger partial charge in [0.2, 0.25) is 5.88 Å². The zero-order valence-electron chi connectivity index (χ0n) is 15.1. The second-order valence-electron chi connectivity index (χ2n) is 5.91. The van der Waals surface area contributed by atoms with Crippen LogP contribution < -0.4 is 15.4 Å². The molecular weight excluding hydrogens is 456 g/mol. The molecule has 2 N–H and O–H groups in total. The SMILES string of the molecule is O=C(NC(=O)c1c(F)cccc1Cl)Nc1ccc(OCc2ccc(Cl)cc2Cl)nc1. The Morgan fingerprint density at radius 2 is 1.83 bits per heavy atom. The number of hydrogen-bond donors (Lipinski definition) is 2. The number of nitrogens with zero attached hydrogens (tertiary/aromatic N) is 1. The van der Waals surface area contributed by atoms with Crippen LogP contribution in [-0.2, 0) is 6.61 Å². The first-order valence-corrected chi connectivity index (χ1v) is 9.56. The molecule has 3 amide bonds. The summed E-state index contributed by atoms with van der Waals surface area (Å²) in [5.74, 6) is -1.51. The molecule has 10 heteroatoms. The van der Waals surface area contributed by atoms with E-state index in [0.29, 0.717) is 15.9 Å². The van der Waals surface area contributed by atoms with Crippen molar-refractivity contribution < 1.29 is 18.7 Å². The molecule has 3 rings (SSSR count). The molecule has 6 nitrogen and oxygen atoms in total. The Balaban J connectivity index is 1.56. The van der Waals surface area contributed by atoms with Crippen molar-refractivity contribution in [3.63, 3.8) is 0 Å². The Bertz CT molecular complexity index is 1070. The Labute approximate surface area is 185 Å². The van der Waals surface area contributed by atoms with E-state index in [1.807, 2.05) is 5.32 Å². The van der Waals surface area contributed by atoms with E-state index in [4.69, 9.17) is 39.5 Å². The van der Waals surface area contributed by atoms with Gasteiger partial charge in [-0.25, -0.2) is 14.2 Å². The number of nitrogens with one attached hydrogen (secondary N) is 2. The summed E-state index contributed by atoms with van der Waals surface area (Å²) in [4.78, 5) is 28.1. The van der Waals surface area contributed by atoms with E-state index in [-0.39, 0.29) is 17.3 Å². The Morgan fingerprint density at radius 1 is 1.03 bits per heavy atom. The van der Waals surface area contributed by atoms with Crippen LogP contribution in [0.15, 0.2) is 54.7 Å². The molecule has 30 heavy (non-hydrogen) atoms. The third-order valence-corrected chi connectivity index (χ3v) is 4.70. The number of rotatable bonds is 5. The molecule has 0 aliphatic heterocycles. The molecule has 0 atom stereocenters. The van der Waals surface area contributed by atoms with Crippen LogP contribution in [0.5, 0.6) is 5.88 Å². The fraction of sp³-hybridized carbons (Fsp3) is 0.0500. The number of amides is 3. The number of carbonyl (C=O) groups is 2. The summed E-state index contributed by atoms with van der Waals surface area (Å²) in [5.41, 5.74) is 0.601. The minimum Gasteiger partial charge on any atom is -0.473 e. The van der Waals surface area contributed by atoms with Gasteiger partial charge in [0.15, 0.2) is 0 Å². The van der Waals surface area contributed by atoms with Crippen LogP contribution >= 0.6 is 34.8 Å². The standard InChI is InChI=1S/C20H13Cl3FN3O3/c21-12-5-4-11(15(23)8-12)10-30-17-7-6-13(9-25-17)26-20(29)27-19(28)18-14(22)2-1-3-16(18)24/h1-9H,10H2,(H2,26,27,28,29). The quantitative estimate of drug-likeness (QED) is 0.502. The van der Waals surface area contributed by atoms with Gasteiger partial charge < -0.3 is 10.1 Å². The maximum Gasteiger partial charge on any atom is 0.326 e. The van der Waals surface area contributed by atoms with Crippen molar-refractivity contribution in [2.75, 3.05) is 5.32 Å². The zero-order chi connectivity index (χ0) is 21.7. The first-order chi connectivity index (χ1) is 14.3. The number of anilines is 1. The normalized spacial score (nSPS) is 10.4. The summed E-state index contributed by atoms with van der Waals surface area (Å²) in [5, 5.41) is 5.29. The van der Waals surface area contributed by atoms with E-state index in [1.54, 1.807) is 18.2 Å². The summed E-state index contributed by atoms with van der Waals surface area (Å²) >= 11 is 17.7. The number of carbonyl (C=O) groups excluding carboxylic acids is 2. The Kier molecular flexibility index (Phi) is 7.10. The number of aromatic nitrogens is 1. The van der Waals surface area contributed by atoms with Gasteiger partial charge in [0.1, 0.15) is 12.4 Å². The van der Waals surface area contributed by atoms with Gasteiger partial charge in [0.05, 0.1) is 22.5 Å². The maximum absolute atomic E-state index is 13.7. The predicted octanol–water partition coefficient (Wildman–Crippen LogP) is 5.72. The van der Waals surface area contributed by atoms with Crippen LogP contribution in [0.4, 0.5) is 14.9 Å². The van der Waals surface area contributed by atoms with Gasteiger partial charge in [0, 0.05) is 21.7 Å². The lowest BCUT2D eigenvalue weighted by Crippen LogP contribution is -2.35. The molecule has 3 aromatic rings. The lowest BCUT2D eigenvalue weighted by molar-refractivity contribution is 0.0963. The summed E-state index contributed by atoms with van der Waals surface area (Å²) < 4.78 is 19.3. The van der Waals surface area contributed by atoms with Crippen LogP contribution in [0, 0.1) is 5.82 Å². The van der Waals surface area contributed by atoms with Crippen molar-refractivity contribution in [1.82, 2.24) is 10.3 Å². The summed E-state index contributed by atoms with van der Waals surface area (Å²) in [6, 6.07) is 11.0. The number of imide groups is 1. The molecule has 1 heterocycles. The molecule has 0 saturated carbocycles. The molecule has 0 radical (unpaired) electrons. The molecule has 154 valence electrons. The van der Waals surface area contributed by atoms with E-state index < -0.39 is 23.3 Å². The van der Waals surface area contributed by atoms with Crippen LogP contribution in [0.1, 0.15) is 15.9 Å². The molecule has 0 fully saturated rings. The molecule has 2 aromatic carbocycles. The monoisotopic (exact) mass is 467 g/mol. The highest BCUT2D eigenvalue weighted by molar-refractivity contribution is 6.35. The molecule has 0 unspecified atom stereocenters. The molecule has 0 bridgehead atoms. The summed E-state index contributed by atoms with van der Waals surface area (Å²) in [6.07, 6.45) is 1.33. The number of benzene rings is 2. The van der Waals surface area contributed by atoms with Crippen molar-refractivity contribution in [1.29, 1.82) is 0 Å². The van der Waals surface area contributed by atoms with E-state index in [1.165, 1.54) is 30.5 Å². The van der Waals surface area contributed by atoms with E-state index in [2.05, 4.69) is 10.3 Å². The second-order valence-corrected chi connectivity index (χ2v) is 7.17. The van der Waals surface area contributed by atoms with Crippen molar-refractivity contribution in [3.8, 4) is 5.88 Å². The Morgan fingerprint density at radius 3 is 2.50 bits per heavy atom. The van der Waals surface area contributed by atoms with Crippen LogP contribution in [0.2, 0.25) is 15.1 Å². The number of ether oxygens (including phenoxy) is 1. The predicted molar refractivity (Wildman–Crippen MR) is 113 cm³/mol. The van der Waals surface area contributed by atoms with Gasteiger partial charge in [-0.1, -0.05) is 46.9 Å². The highest BCUT2D eigenvalue weighted by atomic mass is 35.5. The molecule has 0 aliphatic rings. The van der Waals surface area contributed by atoms with E-state index in [9.17, 15) is 14.0 Å². The largest absolute Gasteiger partial charge is 0.473 e. The van der Waals surface area contributed by atoms with Gasteiger partial charge in [0.25, 0.3) is 5.91 Å². The van der Waals surface area contributed by atoms with Gasteiger partial charge in [-0.3, -0.25) is 10.1 Å². The maximum atomic E-state index is 13.7. The van der Waals surface area contributed by atoms with Crippen LogP contribution in [-0.4, -0.2) is 16.9 Å². The molecule has 0 saturated heterocycles. The molecule has 0 spiro atoms. The van der Waals surface area contributed by atoms with Gasteiger partial charge in [-0.15, -0.1) is 0 Å². The number of hydrogen-bond acceptors (Lipinski definition) is 4. The third-order valence-electron chi connectivity index (χ3n) is 3.80. The van der Waals surface area contributed by atoms with Crippen molar-refractivity contribution in [3.05, 3.63) is 86.7 Å². The molecule has 0 aliphatic carbocycles. The summed E-state index contributed by atoms with van der Waals surface area (Å²) in [6.45, 7) is 0.175. The average molecular weight is 469 g/mol. The molecular formula is C20H13Cl3FN3O3. The van der Waals surface area contributed by atoms with Gasteiger partial charge in [-0.2, -0.15) is 0 Å². The fourth-order valence-electron chi connectivity index (χ4n) is 2.37. The lowest BCUT2D eigenvalue weighted by Gasteiger charge is -2.10. The molecule has 1 aromatic heterocycles. The lowest BCUT2D eigenvalue weighted by atomic mass is 10.2. The smallest absolute Gasteiger partial charge is 0.326 e. The van der Waals surface area contributed by atoms with Crippen molar-refractivity contribution in [2.45, 2.75) is 6.61 Å². The van der Waals surface area contributed by atoms with Crippen molar-refractivity contribution in [2.24, 2.45) is 0 Å². The summed E-state index contributed by atoms with van der Waals surface area (Å²) in [7, 11) is 0. The van der Waals surface area contributed by atoms with Crippen molar-refractivity contribution >= 4 is 52.4 Å². The van der Waals surface area contributed by atoms with Gasteiger partial charge >= 0.3 is 6.03 Å². The highest BCUT2D eigenvalue weighted by Crippen LogP contribution is 2.23. The first-order valence-electron chi connectivity index (χ1n) is 8.42. The van der Waals surface area contributed by atoms with Crippen LogP contribution in [0.3, 0.4) is 0 Å². The number of pyridine rings is 1. The minimum absolute atomic E-state index is 0.107. The number of urea groups is 1.